The maximum atomic E-state index is 5.91. The second kappa shape index (κ2) is 9.30. The van der Waals surface area contributed by atoms with Crippen LogP contribution in [0.1, 0.15) is 5.56 Å². The minimum Gasteiger partial charge on any atom is -0.487 e. The van der Waals surface area contributed by atoms with E-state index in [0.29, 0.717) is 5.71 Å². The van der Waals surface area contributed by atoms with Crippen molar-refractivity contribution < 1.29 is 4.74 Å². The van der Waals surface area contributed by atoms with Gasteiger partial charge in [-0.2, -0.15) is 5.10 Å². The van der Waals surface area contributed by atoms with Gasteiger partial charge in [0, 0.05) is 10.0 Å². The fraction of sp³-hybridized carbons (Fsp3) is 0.0476. The lowest BCUT2D eigenvalue weighted by atomic mass is 10.1. The summed E-state index contributed by atoms with van der Waals surface area (Å²) in [7, 11) is 0. The smallest absolute Gasteiger partial charge is 0.184 e. The maximum absolute atomic E-state index is 5.91. The molecule has 0 aliphatic rings. The number of hydrogen-bond acceptors (Lipinski definition) is 3. The van der Waals surface area contributed by atoms with Gasteiger partial charge in [-0.1, -0.05) is 70.5 Å². The first-order valence-corrected chi connectivity index (χ1v) is 9.48. The van der Waals surface area contributed by atoms with Gasteiger partial charge < -0.3 is 10.5 Å². The average Bonchev–Trinajstić information content (AvgIpc) is 2.70. The molecular weight excluding hydrogens is 422 g/mol. The molecule has 0 heterocycles. The molecule has 0 atom stereocenters. The van der Waals surface area contributed by atoms with Crippen molar-refractivity contribution in [2.24, 2.45) is 10.8 Å². The van der Waals surface area contributed by atoms with Gasteiger partial charge >= 0.3 is 0 Å². The number of benzene rings is 3. The number of rotatable bonds is 6. The molecule has 3 aromatic rings. The van der Waals surface area contributed by atoms with Gasteiger partial charge in [0.1, 0.15) is 18.1 Å². The van der Waals surface area contributed by atoms with Crippen LogP contribution in [0.15, 0.2) is 88.4 Å². The third kappa shape index (κ3) is 5.64. The molecule has 0 radical (unpaired) electrons. The number of thiocarbonyl (C=S) groups is 1. The van der Waals surface area contributed by atoms with Crippen LogP contribution in [0.3, 0.4) is 0 Å². The first-order valence-electron chi connectivity index (χ1n) is 8.28. The molecule has 0 aromatic heterocycles. The van der Waals surface area contributed by atoms with Gasteiger partial charge in [-0.25, -0.2) is 0 Å². The number of ether oxygens (including phenoxy) is 1. The van der Waals surface area contributed by atoms with Crippen molar-refractivity contribution in [3.8, 4) is 16.9 Å². The highest BCUT2D eigenvalue weighted by Crippen LogP contribution is 2.22. The van der Waals surface area contributed by atoms with E-state index in [1.165, 1.54) is 5.56 Å². The molecule has 0 aliphatic heterocycles. The Kier molecular flexibility index (Phi) is 6.57. The normalized spacial score (nSPS) is 11.1. The Bertz CT molecular complexity index is 926. The van der Waals surface area contributed by atoms with Crippen LogP contribution in [0.4, 0.5) is 0 Å². The van der Waals surface area contributed by atoms with Crippen molar-refractivity contribution in [1.29, 1.82) is 0 Å². The Hall–Kier alpha value is -2.70. The van der Waals surface area contributed by atoms with Crippen LogP contribution in [0, 0.1) is 0 Å². The molecule has 0 spiro atoms. The Morgan fingerprint density at radius 2 is 1.56 bits per heavy atom. The van der Waals surface area contributed by atoms with Gasteiger partial charge in [0.05, 0.1) is 0 Å². The summed E-state index contributed by atoms with van der Waals surface area (Å²) in [5.41, 5.74) is 12.0. The van der Waals surface area contributed by atoms with Crippen molar-refractivity contribution in [2.75, 3.05) is 6.61 Å². The number of nitrogens with one attached hydrogen (secondary N) is 1. The van der Waals surface area contributed by atoms with Gasteiger partial charge in [-0.05, 0) is 47.6 Å². The minimum atomic E-state index is 0.108. The number of hydrogen-bond donors (Lipinski definition) is 2. The van der Waals surface area contributed by atoms with E-state index in [-0.39, 0.29) is 11.7 Å². The van der Waals surface area contributed by atoms with Gasteiger partial charge in [0.15, 0.2) is 5.11 Å². The van der Waals surface area contributed by atoms with E-state index in [9.17, 15) is 0 Å². The van der Waals surface area contributed by atoms with Crippen LogP contribution >= 0.6 is 28.1 Å². The molecule has 4 nitrogen and oxygen atoms in total. The van der Waals surface area contributed by atoms with Gasteiger partial charge in [0.25, 0.3) is 0 Å². The molecule has 0 unspecified atom stereocenters. The van der Waals surface area contributed by atoms with Crippen LogP contribution in [0.25, 0.3) is 11.1 Å². The summed E-state index contributed by atoms with van der Waals surface area (Å²) >= 11 is 8.27. The average molecular weight is 440 g/mol. The monoisotopic (exact) mass is 439 g/mol. The van der Waals surface area contributed by atoms with E-state index in [2.05, 4.69) is 38.6 Å². The fourth-order valence-electron chi connectivity index (χ4n) is 2.47. The summed E-state index contributed by atoms with van der Waals surface area (Å²) in [5.74, 6) is 0.759. The van der Waals surface area contributed by atoms with Crippen molar-refractivity contribution in [1.82, 2.24) is 5.43 Å². The maximum Gasteiger partial charge on any atom is 0.184 e. The van der Waals surface area contributed by atoms with E-state index in [1.54, 1.807) is 0 Å². The largest absolute Gasteiger partial charge is 0.487 e. The third-order valence-electron chi connectivity index (χ3n) is 3.82. The topological polar surface area (TPSA) is 59.6 Å². The second-order valence-corrected chi connectivity index (χ2v) is 7.08. The predicted octanol–water partition coefficient (Wildman–Crippen LogP) is 4.73. The molecular formula is C21H18BrN3OS. The van der Waals surface area contributed by atoms with Crippen molar-refractivity contribution in [3.05, 3.63) is 88.9 Å². The summed E-state index contributed by atoms with van der Waals surface area (Å²) in [6.07, 6.45) is 0. The summed E-state index contributed by atoms with van der Waals surface area (Å²) in [6.45, 7) is 0.280. The molecule has 0 fully saturated rings. The number of hydrazone groups is 1. The molecule has 27 heavy (non-hydrogen) atoms. The van der Waals surface area contributed by atoms with Crippen molar-refractivity contribution in [3.63, 3.8) is 0 Å². The lowest BCUT2D eigenvalue weighted by molar-refractivity contribution is 0.376. The first kappa shape index (κ1) is 19.1. The highest BCUT2D eigenvalue weighted by Gasteiger charge is 2.07. The molecule has 0 saturated carbocycles. The third-order valence-corrected chi connectivity index (χ3v) is 4.44. The van der Waals surface area contributed by atoms with Gasteiger partial charge in [-0.15, -0.1) is 0 Å². The lowest BCUT2D eigenvalue weighted by Gasteiger charge is -2.11. The lowest BCUT2D eigenvalue weighted by Crippen LogP contribution is -2.27. The summed E-state index contributed by atoms with van der Waals surface area (Å²) in [4.78, 5) is 0. The number of halogens is 1. The highest BCUT2D eigenvalue weighted by atomic mass is 79.9. The predicted molar refractivity (Wildman–Crippen MR) is 118 cm³/mol. The van der Waals surface area contributed by atoms with E-state index in [4.69, 9.17) is 22.7 Å². The molecule has 3 rings (SSSR count). The van der Waals surface area contributed by atoms with Crippen LogP contribution in [-0.4, -0.2) is 17.4 Å². The first-order chi connectivity index (χ1) is 13.1. The number of nitrogens with zero attached hydrogens (tertiary/aromatic N) is 1. The Morgan fingerprint density at radius 3 is 2.19 bits per heavy atom. The van der Waals surface area contributed by atoms with Crippen LogP contribution in [0.2, 0.25) is 0 Å². The Morgan fingerprint density at radius 1 is 0.926 bits per heavy atom. The molecule has 0 aliphatic carbocycles. The van der Waals surface area contributed by atoms with E-state index >= 15 is 0 Å². The molecule has 0 saturated heterocycles. The van der Waals surface area contributed by atoms with Crippen LogP contribution in [-0.2, 0) is 0 Å². The fourth-order valence-corrected chi connectivity index (χ4v) is 2.78. The summed E-state index contributed by atoms with van der Waals surface area (Å²) in [5, 5.41) is 4.37. The summed E-state index contributed by atoms with van der Waals surface area (Å²) in [6, 6.07) is 26.0. The quantitative estimate of drug-likeness (QED) is 0.331. The molecule has 6 heteroatoms. The zero-order valence-electron chi connectivity index (χ0n) is 14.4. The van der Waals surface area contributed by atoms with Crippen molar-refractivity contribution in [2.45, 2.75) is 0 Å². The molecule has 3 aromatic carbocycles. The molecule has 136 valence electrons. The van der Waals surface area contributed by atoms with E-state index in [0.717, 1.165) is 21.3 Å². The standard InChI is InChI=1S/C21H18BrN3OS/c22-18-10-6-17(7-11-18)20(24-25-21(23)27)14-26-19-12-8-16(9-13-19)15-4-2-1-3-5-15/h1-13H,14H2,(H3,23,25,27)/b24-20+. The van der Waals surface area contributed by atoms with Gasteiger partial charge in [0.2, 0.25) is 0 Å². The second-order valence-electron chi connectivity index (χ2n) is 5.72. The Balaban J connectivity index is 1.72. The van der Waals surface area contributed by atoms with Crippen molar-refractivity contribution >= 4 is 39.0 Å². The van der Waals surface area contributed by atoms with E-state index in [1.807, 2.05) is 66.7 Å². The molecule has 3 N–H and O–H groups in total. The highest BCUT2D eigenvalue weighted by molar-refractivity contribution is 9.10. The van der Waals surface area contributed by atoms with Crippen LogP contribution < -0.4 is 15.9 Å². The summed E-state index contributed by atoms with van der Waals surface area (Å²) < 4.78 is 6.90. The molecule has 0 amide bonds. The molecule has 0 bridgehead atoms. The van der Waals surface area contributed by atoms with Gasteiger partial charge in [-0.3, -0.25) is 5.43 Å². The Labute approximate surface area is 172 Å². The zero-order valence-corrected chi connectivity index (χ0v) is 16.8. The van der Waals surface area contributed by atoms with E-state index < -0.39 is 0 Å². The SMILES string of the molecule is NC(=S)N/N=C(\COc1ccc(-c2ccccc2)cc1)c1ccc(Br)cc1. The number of nitrogens with two attached hydrogens (primary N) is 1. The van der Waals surface area contributed by atoms with Crippen LogP contribution in [0.5, 0.6) is 5.75 Å². The zero-order chi connectivity index (χ0) is 19.1. The minimum absolute atomic E-state index is 0.108.